The number of hydrogen-bond donors (Lipinski definition) is 3. The number of aromatic amines is 1. The fourth-order valence-corrected chi connectivity index (χ4v) is 4.28. The highest BCUT2D eigenvalue weighted by molar-refractivity contribution is 5.90. The van der Waals surface area contributed by atoms with Gasteiger partial charge in [0.25, 0.3) is 0 Å². The van der Waals surface area contributed by atoms with Crippen LogP contribution in [0.15, 0.2) is 30.5 Å². The van der Waals surface area contributed by atoms with Crippen molar-refractivity contribution < 1.29 is 9.59 Å². The van der Waals surface area contributed by atoms with Crippen molar-refractivity contribution in [3.05, 3.63) is 36.0 Å². The van der Waals surface area contributed by atoms with Crippen LogP contribution in [-0.4, -0.2) is 16.8 Å². The molecule has 0 spiro atoms. The van der Waals surface area contributed by atoms with Crippen LogP contribution >= 0.6 is 0 Å². The standard InChI is InChI=1S/C18H21N3O2/c22-17(9-13-10-19-16-4-2-1-3-14(13)16)20-21-18(23)15-8-11-5-6-12(15)7-11/h1-4,10-12,15,19H,5-9H2,(H,20,22)(H,21,23). The second-order valence-electron chi connectivity index (χ2n) is 6.86. The molecule has 3 N–H and O–H groups in total. The number of fused-ring (bicyclic) bond motifs is 3. The average molecular weight is 311 g/mol. The zero-order valence-corrected chi connectivity index (χ0v) is 13.0. The van der Waals surface area contributed by atoms with Gasteiger partial charge in [0.05, 0.1) is 6.42 Å². The molecule has 23 heavy (non-hydrogen) atoms. The molecule has 0 saturated heterocycles. The minimum Gasteiger partial charge on any atom is -0.361 e. The van der Waals surface area contributed by atoms with Gasteiger partial charge in [-0.2, -0.15) is 0 Å². The Hall–Kier alpha value is -2.30. The van der Waals surface area contributed by atoms with Gasteiger partial charge in [-0.05, 0) is 42.7 Å². The number of carbonyl (C=O) groups is 2. The van der Waals surface area contributed by atoms with Gasteiger partial charge < -0.3 is 4.98 Å². The first-order valence-corrected chi connectivity index (χ1v) is 8.34. The topological polar surface area (TPSA) is 74.0 Å². The Morgan fingerprint density at radius 1 is 1.13 bits per heavy atom. The molecule has 5 heteroatoms. The number of amides is 2. The predicted molar refractivity (Wildman–Crippen MR) is 87.2 cm³/mol. The maximum atomic E-state index is 12.2. The molecule has 2 aliphatic rings. The number of carbonyl (C=O) groups excluding carboxylic acids is 2. The monoisotopic (exact) mass is 311 g/mol. The lowest BCUT2D eigenvalue weighted by Gasteiger charge is -2.20. The van der Waals surface area contributed by atoms with Crippen LogP contribution in [0.2, 0.25) is 0 Å². The molecule has 1 aromatic carbocycles. The van der Waals surface area contributed by atoms with Crippen LogP contribution < -0.4 is 10.9 Å². The Morgan fingerprint density at radius 3 is 2.78 bits per heavy atom. The zero-order chi connectivity index (χ0) is 15.8. The van der Waals surface area contributed by atoms with Crippen molar-refractivity contribution in [3.8, 4) is 0 Å². The maximum Gasteiger partial charge on any atom is 0.242 e. The third kappa shape index (κ3) is 2.71. The average Bonchev–Trinajstić information content (AvgIpc) is 3.28. The van der Waals surface area contributed by atoms with Crippen LogP contribution in [0, 0.1) is 17.8 Å². The summed E-state index contributed by atoms with van der Waals surface area (Å²) in [6, 6.07) is 7.88. The highest BCUT2D eigenvalue weighted by Crippen LogP contribution is 2.48. The largest absolute Gasteiger partial charge is 0.361 e. The van der Waals surface area contributed by atoms with Crippen molar-refractivity contribution in [1.29, 1.82) is 0 Å². The molecule has 3 atom stereocenters. The lowest BCUT2D eigenvalue weighted by molar-refractivity contribution is -0.132. The van der Waals surface area contributed by atoms with Crippen molar-refractivity contribution in [1.82, 2.24) is 15.8 Å². The molecule has 2 aliphatic carbocycles. The summed E-state index contributed by atoms with van der Waals surface area (Å²) in [6.07, 6.45) is 6.69. The molecular formula is C18H21N3O2. The van der Waals surface area contributed by atoms with Gasteiger partial charge in [-0.3, -0.25) is 20.4 Å². The molecule has 5 nitrogen and oxygen atoms in total. The second-order valence-corrected chi connectivity index (χ2v) is 6.86. The fraction of sp³-hybridized carbons (Fsp3) is 0.444. The van der Waals surface area contributed by atoms with Gasteiger partial charge in [0.1, 0.15) is 0 Å². The lowest BCUT2D eigenvalue weighted by Crippen LogP contribution is -2.46. The summed E-state index contributed by atoms with van der Waals surface area (Å²) < 4.78 is 0. The van der Waals surface area contributed by atoms with Crippen molar-refractivity contribution >= 4 is 22.7 Å². The Labute approximate surface area is 134 Å². The molecule has 1 heterocycles. The van der Waals surface area contributed by atoms with Crippen molar-refractivity contribution in [2.24, 2.45) is 17.8 Å². The van der Waals surface area contributed by atoms with E-state index in [9.17, 15) is 9.59 Å². The lowest BCUT2D eigenvalue weighted by atomic mass is 9.88. The van der Waals surface area contributed by atoms with Crippen LogP contribution in [0.1, 0.15) is 31.2 Å². The zero-order valence-electron chi connectivity index (χ0n) is 13.0. The van der Waals surface area contributed by atoms with Gasteiger partial charge >= 0.3 is 0 Å². The molecule has 0 aliphatic heterocycles. The predicted octanol–water partition coefficient (Wildman–Crippen LogP) is 2.29. The van der Waals surface area contributed by atoms with Gasteiger partial charge in [-0.1, -0.05) is 24.6 Å². The number of hydrazine groups is 1. The Morgan fingerprint density at radius 2 is 2.00 bits per heavy atom. The third-order valence-corrected chi connectivity index (χ3v) is 5.43. The van der Waals surface area contributed by atoms with E-state index in [1.165, 1.54) is 12.8 Å². The van der Waals surface area contributed by atoms with Gasteiger partial charge in [-0.25, -0.2) is 0 Å². The Bertz CT molecular complexity index is 752. The SMILES string of the molecule is O=C(Cc1c[nH]c2ccccc12)NNC(=O)C1CC2CCC1C2. The molecule has 1 aromatic heterocycles. The van der Waals surface area contributed by atoms with E-state index in [-0.39, 0.29) is 24.2 Å². The summed E-state index contributed by atoms with van der Waals surface area (Å²) in [5.41, 5.74) is 7.14. The van der Waals surface area contributed by atoms with E-state index in [2.05, 4.69) is 15.8 Å². The molecule has 2 amide bonds. The maximum absolute atomic E-state index is 12.2. The van der Waals surface area contributed by atoms with E-state index < -0.39 is 0 Å². The number of benzene rings is 1. The molecule has 3 unspecified atom stereocenters. The van der Waals surface area contributed by atoms with E-state index in [1.807, 2.05) is 30.5 Å². The van der Waals surface area contributed by atoms with Gasteiger partial charge in [0, 0.05) is 23.0 Å². The molecule has 120 valence electrons. The van der Waals surface area contributed by atoms with Gasteiger partial charge in [0.2, 0.25) is 11.8 Å². The van der Waals surface area contributed by atoms with Crippen molar-refractivity contribution in [3.63, 3.8) is 0 Å². The Balaban J connectivity index is 1.33. The van der Waals surface area contributed by atoms with Gasteiger partial charge in [0.15, 0.2) is 0 Å². The molecule has 2 saturated carbocycles. The number of rotatable bonds is 3. The summed E-state index contributed by atoms with van der Waals surface area (Å²) in [5, 5.41) is 1.04. The molecule has 4 rings (SSSR count). The third-order valence-electron chi connectivity index (χ3n) is 5.43. The quantitative estimate of drug-likeness (QED) is 0.761. The number of nitrogens with one attached hydrogen (secondary N) is 3. The number of H-pyrrole nitrogens is 1. The summed E-state index contributed by atoms with van der Waals surface area (Å²) in [7, 11) is 0. The number of hydrogen-bond acceptors (Lipinski definition) is 2. The van der Waals surface area contributed by atoms with E-state index in [4.69, 9.17) is 0 Å². The number of aromatic nitrogens is 1. The molecular weight excluding hydrogens is 290 g/mol. The molecule has 2 aromatic rings. The summed E-state index contributed by atoms with van der Waals surface area (Å²) >= 11 is 0. The first-order valence-electron chi connectivity index (χ1n) is 8.34. The van der Waals surface area contributed by atoms with Crippen molar-refractivity contribution in [2.75, 3.05) is 0 Å². The van der Waals surface area contributed by atoms with Crippen LogP contribution in [-0.2, 0) is 16.0 Å². The highest BCUT2D eigenvalue weighted by Gasteiger charge is 2.43. The number of para-hydroxylation sites is 1. The molecule has 2 bridgehead atoms. The second kappa shape index (κ2) is 5.72. The summed E-state index contributed by atoms with van der Waals surface area (Å²) in [6.45, 7) is 0. The van der Waals surface area contributed by atoms with Crippen molar-refractivity contribution in [2.45, 2.75) is 32.1 Å². The van der Waals surface area contributed by atoms with E-state index in [0.717, 1.165) is 35.2 Å². The summed E-state index contributed by atoms with van der Waals surface area (Å²) in [5.74, 6) is 1.11. The van der Waals surface area contributed by atoms with Crippen LogP contribution in [0.5, 0.6) is 0 Å². The summed E-state index contributed by atoms with van der Waals surface area (Å²) in [4.78, 5) is 27.5. The normalized spacial score (nSPS) is 25.7. The van der Waals surface area contributed by atoms with E-state index >= 15 is 0 Å². The fourth-order valence-electron chi connectivity index (χ4n) is 4.28. The van der Waals surface area contributed by atoms with Crippen LogP contribution in [0.25, 0.3) is 10.9 Å². The molecule has 2 fully saturated rings. The highest BCUT2D eigenvalue weighted by atomic mass is 16.2. The smallest absolute Gasteiger partial charge is 0.242 e. The molecule has 0 radical (unpaired) electrons. The van der Waals surface area contributed by atoms with Crippen LogP contribution in [0.4, 0.5) is 0 Å². The minimum atomic E-state index is -0.189. The first kappa shape index (κ1) is 14.3. The van der Waals surface area contributed by atoms with E-state index in [1.54, 1.807) is 0 Å². The minimum absolute atomic E-state index is 0.0236. The Kier molecular flexibility index (Phi) is 3.56. The first-order chi connectivity index (χ1) is 11.2. The van der Waals surface area contributed by atoms with Gasteiger partial charge in [-0.15, -0.1) is 0 Å². The van der Waals surface area contributed by atoms with Crippen LogP contribution in [0.3, 0.4) is 0 Å². The van der Waals surface area contributed by atoms with E-state index in [0.29, 0.717) is 5.92 Å².